The van der Waals surface area contributed by atoms with Crippen molar-refractivity contribution in [1.82, 2.24) is 5.32 Å². The predicted molar refractivity (Wildman–Crippen MR) is 80.5 cm³/mol. The highest BCUT2D eigenvalue weighted by atomic mass is 16.5. The smallest absolute Gasteiger partial charge is 0.249 e. The first-order valence-corrected chi connectivity index (χ1v) is 8.14. The molecule has 0 aliphatic heterocycles. The Hall–Kier alpha value is -0.610. The lowest BCUT2D eigenvalue weighted by Gasteiger charge is -2.26. The Kier molecular flexibility index (Phi) is 8.15. The summed E-state index contributed by atoms with van der Waals surface area (Å²) in [5, 5.41) is 12.6. The summed E-state index contributed by atoms with van der Waals surface area (Å²) in [4.78, 5) is 12.1. The van der Waals surface area contributed by atoms with Crippen LogP contribution in [0.3, 0.4) is 0 Å². The van der Waals surface area contributed by atoms with E-state index in [1.54, 1.807) is 0 Å². The molecule has 4 heteroatoms. The lowest BCUT2D eigenvalue weighted by molar-refractivity contribution is -0.138. The van der Waals surface area contributed by atoms with Crippen LogP contribution in [0.1, 0.15) is 65.7 Å². The van der Waals surface area contributed by atoms with E-state index in [4.69, 9.17) is 4.74 Å². The van der Waals surface area contributed by atoms with Gasteiger partial charge < -0.3 is 15.2 Å². The molecule has 1 fully saturated rings. The first-order chi connectivity index (χ1) is 9.52. The van der Waals surface area contributed by atoms with Crippen molar-refractivity contribution < 1.29 is 14.6 Å². The molecule has 1 rings (SSSR count). The van der Waals surface area contributed by atoms with Crippen molar-refractivity contribution >= 4 is 5.91 Å². The van der Waals surface area contributed by atoms with E-state index in [2.05, 4.69) is 19.2 Å². The van der Waals surface area contributed by atoms with E-state index in [1.165, 1.54) is 19.3 Å². The maximum Gasteiger partial charge on any atom is 0.249 e. The van der Waals surface area contributed by atoms with Crippen molar-refractivity contribution in [3.05, 3.63) is 0 Å². The molecular formula is C16H31NO3. The van der Waals surface area contributed by atoms with Gasteiger partial charge >= 0.3 is 0 Å². The summed E-state index contributed by atoms with van der Waals surface area (Å²) < 4.78 is 5.92. The van der Waals surface area contributed by atoms with Crippen molar-refractivity contribution in [2.24, 2.45) is 5.92 Å². The van der Waals surface area contributed by atoms with E-state index in [0.29, 0.717) is 25.3 Å². The van der Waals surface area contributed by atoms with Gasteiger partial charge in [0.2, 0.25) is 5.91 Å². The Balaban J connectivity index is 2.30. The van der Waals surface area contributed by atoms with E-state index >= 15 is 0 Å². The quantitative estimate of drug-likeness (QED) is 0.721. The summed E-state index contributed by atoms with van der Waals surface area (Å²) >= 11 is 0. The van der Waals surface area contributed by atoms with E-state index < -0.39 is 6.10 Å². The van der Waals surface area contributed by atoms with Gasteiger partial charge in [-0.3, -0.25) is 4.79 Å². The van der Waals surface area contributed by atoms with Gasteiger partial charge in [-0.2, -0.15) is 0 Å². The molecule has 0 saturated heterocycles. The predicted octanol–water partition coefficient (Wildman–Crippen LogP) is 2.64. The van der Waals surface area contributed by atoms with Crippen LogP contribution in [-0.4, -0.2) is 35.9 Å². The third-order valence-electron chi connectivity index (χ3n) is 3.83. The number of ether oxygens (including phenoxy) is 1. The summed E-state index contributed by atoms with van der Waals surface area (Å²) in [7, 11) is 0. The van der Waals surface area contributed by atoms with Crippen LogP contribution >= 0.6 is 0 Å². The molecule has 2 N–H and O–H groups in total. The Bertz CT molecular complexity index is 275. The molecule has 1 aliphatic rings. The molecule has 0 spiro atoms. The summed E-state index contributed by atoms with van der Waals surface area (Å²) in [6.07, 6.45) is 6.62. The van der Waals surface area contributed by atoms with Crippen LogP contribution in [0.2, 0.25) is 0 Å². The fourth-order valence-electron chi connectivity index (χ4n) is 2.74. The summed E-state index contributed by atoms with van der Waals surface area (Å²) in [6.45, 7) is 6.41. The Morgan fingerprint density at radius 2 is 1.95 bits per heavy atom. The zero-order valence-corrected chi connectivity index (χ0v) is 13.2. The molecule has 0 heterocycles. The fourth-order valence-corrected chi connectivity index (χ4v) is 2.74. The van der Waals surface area contributed by atoms with Gasteiger partial charge in [0, 0.05) is 6.54 Å². The van der Waals surface area contributed by atoms with Crippen LogP contribution < -0.4 is 5.32 Å². The topological polar surface area (TPSA) is 58.6 Å². The van der Waals surface area contributed by atoms with Crippen LogP contribution in [0.25, 0.3) is 0 Å². The van der Waals surface area contributed by atoms with E-state index in [1.807, 2.05) is 6.92 Å². The average Bonchev–Trinajstić information content (AvgIpc) is 2.42. The lowest BCUT2D eigenvalue weighted by Crippen LogP contribution is -2.42. The van der Waals surface area contributed by atoms with Gasteiger partial charge in [0.15, 0.2) is 0 Å². The first kappa shape index (κ1) is 17.4. The van der Waals surface area contributed by atoms with Crippen LogP contribution in [-0.2, 0) is 9.53 Å². The maximum atomic E-state index is 12.1. The highest BCUT2D eigenvalue weighted by Crippen LogP contribution is 2.22. The number of carbonyl (C=O) groups excluding carboxylic acids is 1. The molecule has 0 aromatic carbocycles. The molecular weight excluding hydrogens is 254 g/mol. The zero-order chi connectivity index (χ0) is 15.0. The fraction of sp³-hybridized carbons (Fsp3) is 0.938. The second-order valence-corrected chi connectivity index (χ2v) is 6.32. The second kappa shape index (κ2) is 9.35. The Morgan fingerprint density at radius 1 is 1.30 bits per heavy atom. The van der Waals surface area contributed by atoms with Crippen LogP contribution in [0.15, 0.2) is 0 Å². The number of hydrogen-bond acceptors (Lipinski definition) is 3. The monoisotopic (exact) mass is 285 g/mol. The van der Waals surface area contributed by atoms with Crippen LogP contribution in [0, 0.1) is 5.92 Å². The molecule has 0 radical (unpaired) electrons. The lowest BCUT2D eigenvalue weighted by atomic mass is 9.97. The van der Waals surface area contributed by atoms with Gasteiger partial charge in [0.1, 0.15) is 6.10 Å². The first-order valence-electron chi connectivity index (χ1n) is 8.14. The molecule has 1 saturated carbocycles. The van der Waals surface area contributed by atoms with E-state index in [0.717, 1.165) is 12.8 Å². The summed E-state index contributed by atoms with van der Waals surface area (Å²) in [6, 6.07) is 0. The molecule has 4 nitrogen and oxygen atoms in total. The molecule has 1 aliphatic carbocycles. The molecule has 1 amide bonds. The standard InChI is InChI=1S/C16H31NO3/c1-4-15(20-14-8-6-5-7-9-14)16(19)17-11-13(18)10-12(2)3/h12-15,18H,4-11H2,1-3H3,(H,17,19). The highest BCUT2D eigenvalue weighted by Gasteiger charge is 2.23. The minimum atomic E-state index is -0.467. The SMILES string of the molecule is CCC(OC1CCCCC1)C(=O)NCC(O)CC(C)C. The zero-order valence-electron chi connectivity index (χ0n) is 13.2. The number of carbonyl (C=O) groups is 1. The molecule has 2 atom stereocenters. The molecule has 0 aromatic rings. The minimum Gasteiger partial charge on any atom is -0.391 e. The maximum absolute atomic E-state index is 12.1. The largest absolute Gasteiger partial charge is 0.391 e. The minimum absolute atomic E-state index is 0.0825. The Morgan fingerprint density at radius 3 is 2.50 bits per heavy atom. The van der Waals surface area contributed by atoms with Crippen molar-refractivity contribution in [2.45, 2.75) is 84.0 Å². The van der Waals surface area contributed by atoms with Gasteiger partial charge in [-0.1, -0.05) is 40.0 Å². The molecule has 2 unspecified atom stereocenters. The van der Waals surface area contributed by atoms with Gasteiger partial charge in [-0.15, -0.1) is 0 Å². The highest BCUT2D eigenvalue weighted by molar-refractivity contribution is 5.80. The Labute approximate surface area is 123 Å². The van der Waals surface area contributed by atoms with Crippen molar-refractivity contribution in [1.29, 1.82) is 0 Å². The third kappa shape index (κ3) is 6.71. The van der Waals surface area contributed by atoms with Gasteiger partial charge in [-0.25, -0.2) is 0 Å². The van der Waals surface area contributed by atoms with E-state index in [-0.39, 0.29) is 18.1 Å². The van der Waals surface area contributed by atoms with Crippen molar-refractivity contribution in [2.75, 3.05) is 6.54 Å². The molecule has 118 valence electrons. The number of nitrogens with one attached hydrogen (secondary N) is 1. The van der Waals surface area contributed by atoms with Gasteiger partial charge in [0.05, 0.1) is 12.2 Å². The normalized spacial score (nSPS) is 19.9. The van der Waals surface area contributed by atoms with Crippen molar-refractivity contribution in [3.63, 3.8) is 0 Å². The molecule has 0 aromatic heterocycles. The van der Waals surface area contributed by atoms with Crippen LogP contribution in [0.4, 0.5) is 0 Å². The molecule has 0 bridgehead atoms. The van der Waals surface area contributed by atoms with Crippen LogP contribution in [0.5, 0.6) is 0 Å². The van der Waals surface area contributed by atoms with E-state index in [9.17, 15) is 9.90 Å². The number of aliphatic hydroxyl groups excluding tert-OH is 1. The number of rotatable bonds is 8. The van der Waals surface area contributed by atoms with Gasteiger partial charge in [-0.05, 0) is 31.6 Å². The number of aliphatic hydroxyl groups is 1. The number of amides is 1. The average molecular weight is 285 g/mol. The summed E-state index contributed by atoms with van der Waals surface area (Å²) in [5.74, 6) is 0.350. The van der Waals surface area contributed by atoms with Crippen molar-refractivity contribution in [3.8, 4) is 0 Å². The summed E-state index contributed by atoms with van der Waals surface area (Å²) in [5.41, 5.74) is 0. The second-order valence-electron chi connectivity index (χ2n) is 6.32. The number of hydrogen-bond donors (Lipinski definition) is 2. The third-order valence-corrected chi connectivity index (χ3v) is 3.83. The molecule has 20 heavy (non-hydrogen) atoms. The van der Waals surface area contributed by atoms with Gasteiger partial charge in [0.25, 0.3) is 0 Å².